The molecule has 0 aliphatic heterocycles. The third-order valence-corrected chi connectivity index (χ3v) is 2.59. The molecule has 0 saturated heterocycles. The first-order chi connectivity index (χ1) is 7.72. The van der Waals surface area contributed by atoms with Crippen molar-refractivity contribution < 1.29 is 5.21 Å². The van der Waals surface area contributed by atoms with Gasteiger partial charge in [-0.25, -0.2) is 0 Å². The molecule has 2 rings (SSSR count). The molecule has 1 heterocycles. The molecule has 0 unspecified atom stereocenters. The zero-order valence-electron chi connectivity index (χ0n) is 9.38. The summed E-state index contributed by atoms with van der Waals surface area (Å²) in [5.74, 6) is 0. The maximum Gasteiger partial charge on any atom is 0.0765 e. The van der Waals surface area contributed by atoms with Crippen molar-refractivity contribution >= 4 is 22.7 Å². The van der Waals surface area contributed by atoms with Crippen LogP contribution >= 0.6 is 0 Å². The molecule has 0 saturated carbocycles. The lowest BCUT2D eigenvalue weighted by Crippen LogP contribution is -1.82. The van der Waals surface area contributed by atoms with Crippen LogP contribution in [0.5, 0.6) is 0 Å². The zero-order valence-corrected chi connectivity index (χ0v) is 9.38. The van der Waals surface area contributed by atoms with E-state index in [0.717, 1.165) is 5.56 Å². The van der Waals surface area contributed by atoms with Gasteiger partial charge in [0.15, 0.2) is 0 Å². The molecule has 0 atom stereocenters. The highest BCUT2D eigenvalue weighted by Gasteiger charge is 2.02. The Bertz CT molecular complexity index is 564. The third kappa shape index (κ3) is 1.84. The van der Waals surface area contributed by atoms with Crippen molar-refractivity contribution in [3.05, 3.63) is 42.1 Å². The van der Waals surface area contributed by atoms with Crippen molar-refractivity contribution in [2.45, 2.75) is 6.92 Å². The van der Waals surface area contributed by atoms with Crippen molar-refractivity contribution in [2.24, 2.45) is 12.2 Å². The Kier molecular flexibility index (Phi) is 2.77. The SMILES string of the molecule is CC(/C=C/c1cn(C)c2ccccc12)=NO. The van der Waals surface area contributed by atoms with Crippen molar-refractivity contribution in [1.29, 1.82) is 0 Å². The van der Waals surface area contributed by atoms with Gasteiger partial charge >= 0.3 is 0 Å². The van der Waals surface area contributed by atoms with E-state index < -0.39 is 0 Å². The van der Waals surface area contributed by atoms with Gasteiger partial charge in [-0.3, -0.25) is 0 Å². The Morgan fingerprint density at radius 1 is 1.38 bits per heavy atom. The van der Waals surface area contributed by atoms with E-state index in [9.17, 15) is 0 Å². The molecule has 0 amide bonds. The van der Waals surface area contributed by atoms with Gasteiger partial charge in [-0.1, -0.05) is 29.4 Å². The first-order valence-electron chi connectivity index (χ1n) is 5.13. The van der Waals surface area contributed by atoms with E-state index in [2.05, 4.69) is 28.1 Å². The fraction of sp³-hybridized carbons (Fsp3) is 0.154. The number of rotatable bonds is 2. The van der Waals surface area contributed by atoms with Gasteiger partial charge in [0.1, 0.15) is 0 Å². The molecule has 0 aliphatic carbocycles. The minimum Gasteiger partial charge on any atom is -0.411 e. The molecule has 1 N–H and O–H groups in total. The minimum absolute atomic E-state index is 0.591. The average Bonchev–Trinajstić information content (AvgIpc) is 2.64. The van der Waals surface area contributed by atoms with E-state index in [1.807, 2.05) is 25.3 Å². The van der Waals surface area contributed by atoms with Crippen LogP contribution in [0, 0.1) is 0 Å². The maximum absolute atomic E-state index is 8.56. The molecular weight excluding hydrogens is 200 g/mol. The summed E-state index contributed by atoms with van der Waals surface area (Å²) in [7, 11) is 2.02. The van der Waals surface area contributed by atoms with Crippen LogP contribution in [0.2, 0.25) is 0 Å². The predicted octanol–water partition coefficient (Wildman–Crippen LogP) is 3.04. The molecule has 0 fully saturated rings. The first-order valence-corrected chi connectivity index (χ1v) is 5.13. The second-order valence-corrected chi connectivity index (χ2v) is 3.79. The molecule has 0 spiro atoms. The summed E-state index contributed by atoms with van der Waals surface area (Å²) in [4.78, 5) is 0. The van der Waals surface area contributed by atoms with Crippen molar-refractivity contribution in [3.63, 3.8) is 0 Å². The number of oxime groups is 1. The Morgan fingerprint density at radius 2 is 2.12 bits per heavy atom. The van der Waals surface area contributed by atoms with E-state index in [-0.39, 0.29) is 0 Å². The first kappa shape index (κ1) is 10.5. The molecule has 0 radical (unpaired) electrons. The van der Waals surface area contributed by atoms with Gasteiger partial charge in [-0.2, -0.15) is 0 Å². The largest absolute Gasteiger partial charge is 0.411 e. The van der Waals surface area contributed by atoms with Crippen LogP contribution in [-0.2, 0) is 7.05 Å². The van der Waals surface area contributed by atoms with Gasteiger partial charge < -0.3 is 9.77 Å². The Morgan fingerprint density at radius 3 is 2.88 bits per heavy atom. The van der Waals surface area contributed by atoms with Crippen molar-refractivity contribution in [3.8, 4) is 0 Å². The number of benzene rings is 1. The predicted molar refractivity (Wildman–Crippen MR) is 66.8 cm³/mol. The lowest BCUT2D eigenvalue weighted by molar-refractivity contribution is 0.319. The van der Waals surface area contributed by atoms with Crippen LogP contribution in [0.4, 0.5) is 0 Å². The molecule has 2 aromatic rings. The maximum atomic E-state index is 8.56. The van der Waals surface area contributed by atoms with Crippen LogP contribution in [0.1, 0.15) is 12.5 Å². The molecule has 0 aliphatic rings. The van der Waals surface area contributed by atoms with Gasteiger partial charge in [-0.15, -0.1) is 0 Å². The summed E-state index contributed by atoms with van der Waals surface area (Å²) in [6.45, 7) is 1.75. The summed E-state index contributed by atoms with van der Waals surface area (Å²) in [5.41, 5.74) is 2.91. The quantitative estimate of drug-likeness (QED) is 0.465. The normalized spacial score (nSPS) is 12.8. The van der Waals surface area contributed by atoms with E-state index in [0.29, 0.717) is 5.71 Å². The second-order valence-electron chi connectivity index (χ2n) is 3.79. The van der Waals surface area contributed by atoms with Gasteiger partial charge in [-0.05, 0) is 19.1 Å². The smallest absolute Gasteiger partial charge is 0.0765 e. The fourth-order valence-corrected chi connectivity index (χ4v) is 1.75. The molecule has 3 nitrogen and oxygen atoms in total. The topological polar surface area (TPSA) is 37.5 Å². The number of aromatic nitrogens is 1. The van der Waals surface area contributed by atoms with Crippen molar-refractivity contribution in [1.82, 2.24) is 4.57 Å². The van der Waals surface area contributed by atoms with E-state index in [1.54, 1.807) is 13.0 Å². The minimum atomic E-state index is 0.591. The standard InChI is InChI=1S/C13H14N2O/c1-10(14-16)7-8-11-9-15(2)13-6-4-3-5-12(11)13/h3-9,16H,1-2H3/b8-7+,14-10?. The van der Waals surface area contributed by atoms with E-state index in [4.69, 9.17) is 5.21 Å². The number of para-hydroxylation sites is 1. The summed E-state index contributed by atoms with van der Waals surface area (Å²) in [5, 5.41) is 12.9. The van der Waals surface area contributed by atoms with Gasteiger partial charge in [0, 0.05) is 29.7 Å². The third-order valence-electron chi connectivity index (χ3n) is 2.59. The number of hydrogen-bond acceptors (Lipinski definition) is 2. The molecule has 0 bridgehead atoms. The van der Waals surface area contributed by atoms with Crippen LogP contribution in [0.15, 0.2) is 41.7 Å². The highest BCUT2D eigenvalue weighted by molar-refractivity contribution is 5.98. The van der Waals surface area contributed by atoms with Gasteiger partial charge in [0.2, 0.25) is 0 Å². The lowest BCUT2D eigenvalue weighted by atomic mass is 10.1. The molecular formula is C13H14N2O. The molecule has 16 heavy (non-hydrogen) atoms. The summed E-state index contributed by atoms with van der Waals surface area (Å²) < 4.78 is 2.08. The molecule has 1 aromatic heterocycles. The lowest BCUT2D eigenvalue weighted by Gasteiger charge is -1.93. The van der Waals surface area contributed by atoms with E-state index in [1.165, 1.54) is 10.9 Å². The number of hydrogen-bond donors (Lipinski definition) is 1. The monoisotopic (exact) mass is 214 g/mol. The number of fused-ring (bicyclic) bond motifs is 1. The Balaban J connectivity index is 2.50. The average molecular weight is 214 g/mol. The van der Waals surface area contributed by atoms with Gasteiger partial charge in [0.25, 0.3) is 0 Å². The number of nitrogens with zero attached hydrogens (tertiary/aromatic N) is 2. The summed E-state index contributed by atoms with van der Waals surface area (Å²) in [6.07, 6.45) is 5.81. The number of aryl methyl sites for hydroxylation is 1. The van der Waals surface area contributed by atoms with Gasteiger partial charge in [0.05, 0.1) is 5.71 Å². The number of allylic oxidation sites excluding steroid dienone is 1. The fourth-order valence-electron chi connectivity index (χ4n) is 1.75. The zero-order chi connectivity index (χ0) is 11.5. The second kappa shape index (κ2) is 4.23. The van der Waals surface area contributed by atoms with Crippen LogP contribution < -0.4 is 0 Å². The molecule has 1 aromatic carbocycles. The van der Waals surface area contributed by atoms with Crippen molar-refractivity contribution in [2.75, 3.05) is 0 Å². The van der Waals surface area contributed by atoms with Crippen LogP contribution in [0.3, 0.4) is 0 Å². The highest BCUT2D eigenvalue weighted by atomic mass is 16.4. The van der Waals surface area contributed by atoms with Crippen LogP contribution in [-0.4, -0.2) is 15.5 Å². The Hall–Kier alpha value is -2.03. The summed E-state index contributed by atoms with van der Waals surface area (Å²) >= 11 is 0. The van der Waals surface area contributed by atoms with Crippen LogP contribution in [0.25, 0.3) is 17.0 Å². The van der Waals surface area contributed by atoms with E-state index >= 15 is 0 Å². The molecule has 82 valence electrons. The highest BCUT2D eigenvalue weighted by Crippen LogP contribution is 2.21. The molecule has 3 heteroatoms. The Labute approximate surface area is 94.3 Å². The summed E-state index contributed by atoms with van der Waals surface area (Å²) in [6, 6.07) is 8.21.